The molecule has 0 saturated carbocycles. The molecular weight excluding hydrogens is 236 g/mol. The molecule has 6 heteroatoms. The molecule has 18 heavy (non-hydrogen) atoms. The van der Waals surface area contributed by atoms with Gasteiger partial charge >= 0.3 is 5.97 Å². The zero-order valence-electron chi connectivity index (χ0n) is 9.83. The molecule has 0 radical (unpaired) electrons. The first-order valence-corrected chi connectivity index (χ1v) is 5.90. The maximum absolute atomic E-state index is 11.2. The lowest BCUT2D eigenvalue weighted by Crippen LogP contribution is -2.34. The number of rotatable bonds is 2. The van der Waals surface area contributed by atoms with E-state index in [0.29, 0.717) is 25.4 Å². The summed E-state index contributed by atoms with van der Waals surface area (Å²) in [6.45, 7) is 2.51. The molecule has 2 saturated heterocycles. The smallest absolute Gasteiger partial charge is 0.339 e. The first-order valence-electron chi connectivity index (χ1n) is 5.90. The quantitative estimate of drug-likeness (QED) is 0.834. The number of ether oxygens (including phenoxy) is 2. The molecule has 1 N–H and O–H groups in total. The van der Waals surface area contributed by atoms with Crippen molar-refractivity contribution in [1.82, 2.24) is 4.98 Å². The fourth-order valence-corrected chi connectivity index (χ4v) is 2.52. The van der Waals surface area contributed by atoms with Gasteiger partial charge in [-0.2, -0.15) is 0 Å². The first-order chi connectivity index (χ1) is 8.70. The van der Waals surface area contributed by atoms with Crippen molar-refractivity contribution >= 4 is 11.7 Å². The van der Waals surface area contributed by atoms with Gasteiger partial charge in [0.25, 0.3) is 0 Å². The summed E-state index contributed by atoms with van der Waals surface area (Å²) in [4.78, 5) is 17.0. The Morgan fingerprint density at radius 2 is 2.22 bits per heavy atom. The van der Waals surface area contributed by atoms with E-state index in [2.05, 4.69) is 4.98 Å². The Morgan fingerprint density at radius 3 is 2.94 bits per heavy atom. The summed E-state index contributed by atoms with van der Waals surface area (Å²) in [7, 11) is 0. The molecule has 0 aromatic carbocycles. The van der Waals surface area contributed by atoms with E-state index in [4.69, 9.17) is 14.6 Å². The Kier molecular flexibility index (Phi) is 2.68. The summed E-state index contributed by atoms with van der Waals surface area (Å²) in [5, 5.41) is 9.15. The lowest BCUT2D eigenvalue weighted by molar-refractivity contribution is -0.137. The van der Waals surface area contributed by atoms with Gasteiger partial charge in [0.15, 0.2) is 5.79 Å². The summed E-state index contributed by atoms with van der Waals surface area (Å²) < 4.78 is 11.3. The molecule has 0 atom stereocenters. The van der Waals surface area contributed by atoms with Crippen LogP contribution in [-0.2, 0) is 9.47 Å². The van der Waals surface area contributed by atoms with Gasteiger partial charge in [0.1, 0.15) is 5.56 Å². The zero-order valence-corrected chi connectivity index (χ0v) is 9.83. The van der Waals surface area contributed by atoms with Crippen molar-refractivity contribution in [2.75, 3.05) is 31.2 Å². The Labute approximate surface area is 104 Å². The number of aromatic carboxylic acids is 1. The molecule has 0 bridgehead atoms. The van der Waals surface area contributed by atoms with E-state index in [-0.39, 0.29) is 5.56 Å². The van der Waals surface area contributed by atoms with Gasteiger partial charge in [-0.3, -0.25) is 4.98 Å². The lowest BCUT2D eigenvalue weighted by Gasteiger charge is -2.24. The minimum atomic E-state index is -0.965. The molecule has 2 aliphatic rings. The van der Waals surface area contributed by atoms with E-state index in [1.54, 1.807) is 12.3 Å². The van der Waals surface area contributed by atoms with Crippen molar-refractivity contribution in [2.45, 2.75) is 12.2 Å². The van der Waals surface area contributed by atoms with Crippen LogP contribution in [0.4, 0.5) is 5.69 Å². The third kappa shape index (κ3) is 1.83. The number of carboxylic acids is 1. The van der Waals surface area contributed by atoms with Crippen LogP contribution in [0.2, 0.25) is 0 Å². The monoisotopic (exact) mass is 250 g/mol. The largest absolute Gasteiger partial charge is 0.478 e. The van der Waals surface area contributed by atoms with Gasteiger partial charge in [-0.15, -0.1) is 0 Å². The fraction of sp³-hybridized carbons (Fsp3) is 0.500. The zero-order chi connectivity index (χ0) is 12.6. The average Bonchev–Trinajstić information content (AvgIpc) is 3.00. The van der Waals surface area contributed by atoms with E-state index in [9.17, 15) is 4.79 Å². The highest BCUT2D eigenvalue weighted by atomic mass is 16.7. The van der Waals surface area contributed by atoms with E-state index in [1.807, 2.05) is 4.90 Å². The lowest BCUT2D eigenvalue weighted by atomic mass is 10.2. The standard InChI is InChI=1S/C12H14N2O4/c15-11(16)9-7-13-3-1-10(9)14-4-2-12(8-14)17-5-6-18-12/h1,3,7H,2,4-6,8H2,(H,15,16). The van der Waals surface area contributed by atoms with Crippen molar-refractivity contribution in [3.05, 3.63) is 24.0 Å². The molecule has 0 amide bonds. The number of carboxylic acid groups (broad SMARTS) is 1. The molecule has 2 fully saturated rings. The number of aromatic nitrogens is 1. The van der Waals surface area contributed by atoms with Gasteiger partial charge in [0.05, 0.1) is 25.4 Å². The van der Waals surface area contributed by atoms with Crippen molar-refractivity contribution in [3.63, 3.8) is 0 Å². The van der Waals surface area contributed by atoms with Crippen molar-refractivity contribution in [1.29, 1.82) is 0 Å². The highest BCUT2D eigenvalue weighted by Crippen LogP contribution is 2.34. The second kappa shape index (κ2) is 4.22. The Morgan fingerprint density at radius 1 is 1.44 bits per heavy atom. The average molecular weight is 250 g/mol. The number of pyridine rings is 1. The molecule has 3 rings (SSSR count). The van der Waals surface area contributed by atoms with Gasteiger partial charge in [-0.05, 0) is 6.07 Å². The van der Waals surface area contributed by atoms with E-state index >= 15 is 0 Å². The predicted octanol–water partition coefficient (Wildman–Crippen LogP) is 0.733. The maximum Gasteiger partial charge on any atom is 0.339 e. The minimum absolute atomic E-state index is 0.215. The topological polar surface area (TPSA) is 71.9 Å². The van der Waals surface area contributed by atoms with Gasteiger partial charge < -0.3 is 19.5 Å². The molecule has 1 aromatic heterocycles. The number of nitrogens with zero attached hydrogens (tertiary/aromatic N) is 2. The first kappa shape index (κ1) is 11.4. The molecule has 0 unspecified atom stereocenters. The summed E-state index contributed by atoms with van der Waals surface area (Å²) in [5.41, 5.74) is 0.890. The van der Waals surface area contributed by atoms with Gasteiger partial charge in [0, 0.05) is 25.4 Å². The maximum atomic E-state index is 11.2. The molecule has 6 nitrogen and oxygen atoms in total. The van der Waals surface area contributed by atoms with Crippen LogP contribution in [0, 0.1) is 0 Å². The van der Waals surface area contributed by atoms with E-state index in [0.717, 1.165) is 13.0 Å². The molecule has 1 spiro atoms. The summed E-state index contributed by atoms with van der Waals surface area (Å²) in [5.74, 6) is -1.51. The second-order valence-electron chi connectivity index (χ2n) is 4.48. The summed E-state index contributed by atoms with van der Waals surface area (Å²) in [6, 6.07) is 1.72. The SMILES string of the molecule is O=C(O)c1cnccc1N1CCC2(C1)OCCO2. The molecule has 1 aromatic rings. The van der Waals surface area contributed by atoms with Crippen LogP contribution < -0.4 is 4.90 Å². The number of hydrogen-bond acceptors (Lipinski definition) is 5. The van der Waals surface area contributed by atoms with Crippen LogP contribution in [0.3, 0.4) is 0 Å². The molecular formula is C12H14N2O4. The Bertz CT molecular complexity index is 471. The second-order valence-corrected chi connectivity index (χ2v) is 4.48. The number of hydrogen-bond donors (Lipinski definition) is 1. The Balaban J connectivity index is 1.86. The summed E-state index contributed by atoms with van der Waals surface area (Å²) in [6.07, 6.45) is 3.73. The molecule has 96 valence electrons. The number of anilines is 1. The van der Waals surface area contributed by atoms with Gasteiger partial charge in [-0.25, -0.2) is 4.79 Å². The van der Waals surface area contributed by atoms with Crippen LogP contribution in [0.5, 0.6) is 0 Å². The van der Waals surface area contributed by atoms with Crippen LogP contribution in [0.1, 0.15) is 16.8 Å². The van der Waals surface area contributed by atoms with Crippen LogP contribution >= 0.6 is 0 Å². The van der Waals surface area contributed by atoms with E-state index in [1.165, 1.54) is 6.20 Å². The Hall–Kier alpha value is -1.66. The highest BCUT2D eigenvalue weighted by molar-refractivity contribution is 5.94. The highest BCUT2D eigenvalue weighted by Gasteiger charge is 2.43. The van der Waals surface area contributed by atoms with Crippen molar-refractivity contribution in [3.8, 4) is 0 Å². The summed E-state index contributed by atoms with van der Waals surface area (Å²) >= 11 is 0. The minimum Gasteiger partial charge on any atom is -0.478 e. The van der Waals surface area contributed by atoms with Gasteiger partial charge in [-0.1, -0.05) is 0 Å². The normalized spacial score (nSPS) is 21.7. The van der Waals surface area contributed by atoms with E-state index < -0.39 is 11.8 Å². The van der Waals surface area contributed by atoms with Crippen LogP contribution in [0.25, 0.3) is 0 Å². The fourth-order valence-electron chi connectivity index (χ4n) is 2.52. The molecule has 3 heterocycles. The van der Waals surface area contributed by atoms with Crippen molar-refractivity contribution < 1.29 is 19.4 Å². The van der Waals surface area contributed by atoms with Gasteiger partial charge in [0.2, 0.25) is 0 Å². The molecule has 0 aliphatic carbocycles. The van der Waals surface area contributed by atoms with Crippen molar-refractivity contribution in [2.24, 2.45) is 0 Å². The third-order valence-corrected chi connectivity index (χ3v) is 3.38. The molecule has 2 aliphatic heterocycles. The van der Waals surface area contributed by atoms with Crippen LogP contribution in [-0.4, -0.2) is 48.2 Å². The number of carbonyl (C=O) groups is 1. The van der Waals surface area contributed by atoms with Crippen LogP contribution in [0.15, 0.2) is 18.5 Å². The predicted molar refractivity (Wildman–Crippen MR) is 62.7 cm³/mol. The third-order valence-electron chi connectivity index (χ3n) is 3.38.